The topological polar surface area (TPSA) is 58.4 Å². The molecule has 2 amide bonds. The van der Waals surface area contributed by atoms with Crippen molar-refractivity contribution in [2.24, 2.45) is 5.73 Å². The average Bonchev–Trinajstić information content (AvgIpc) is 2.51. The smallest absolute Gasteiger partial charge is 0.322 e. The highest BCUT2D eigenvalue weighted by molar-refractivity contribution is 7.97. The number of amides is 2. The molecule has 1 saturated heterocycles. The van der Waals surface area contributed by atoms with E-state index in [9.17, 15) is 4.79 Å². The summed E-state index contributed by atoms with van der Waals surface area (Å²) in [5.41, 5.74) is 4.96. The van der Waals surface area contributed by atoms with Gasteiger partial charge in [0, 0.05) is 11.8 Å². The zero-order chi connectivity index (χ0) is 9.68. The summed E-state index contributed by atoms with van der Waals surface area (Å²) in [6.45, 7) is 4.46. The maximum absolute atomic E-state index is 10.4. The summed E-state index contributed by atoms with van der Waals surface area (Å²) in [5, 5.41) is 0. The van der Waals surface area contributed by atoms with Gasteiger partial charge in [-0.15, -0.1) is 0 Å². The average molecular weight is 203 g/mol. The second kappa shape index (κ2) is 5.34. The van der Waals surface area contributed by atoms with Crippen molar-refractivity contribution in [1.29, 1.82) is 0 Å². The first-order valence-electron chi connectivity index (χ1n) is 4.65. The van der Waals surface area contributed by atoms with Gasteiger partial charge in [0.15, 0.2) is 0 Å². The number of carbonyl (C=O) groups excluding carboxylic acids is 1. The van der Waals surface area contributed by atoms with E-state index >= 15 is 0 Å². The van der Waals surface area contributed by atoms with E-state index in [1.54, 1.807) is 0 Å². The van der Waals surface area contributed by atoms with Crippen molar-refractivity contribution in [1.82, 2.24) is 9.62 Å². The van der Waals surface area contributed by atoms with Crippen LogP contribution in [0.25, 0.3) is 0 Å². The first-order valence-corrected chi connectivity index (χ1v) is 5.64. The lowest BCUT2D eigenvalue weighted by Crippen LogP contribution is -2.33. The van der Waals surface area contributed by atoms with Crippen LogP contribution in [-0.4, -0.2) is 35.8 Å². The largest absolute Gasteiger partial charge is 0.351 e. The van der Waals surface area contributed by atoms with Crippen LogP contribution in [0, 0.1) is 0 Å². The summed E-state index contributed by atoms with van der Waals surface area (Å²) >= 11 is 1.41. The molecule has 0 aromatic carbocycles. The van der Waals surface area contributed by atoms with Gasteiger partial charge < -0.3 is 5.73 Å². The molecule has 1 atom stereocenters. The van der Waals surface area contributed by atoms with Crippen molar-refractivity contribution in [2.45, 2.75) is 25.8 Å². The Morgan fingerprint density at radius 2 is 2.54 bits per heavy atom. The Hall–Kier alpha value is -0.420. The number of likely N-dealkylation sites (tertiary alicyclic amines) is 1. The Labute approximate surface area is 83.4 Å². The zero-order valence-electron chi connectivity index (χ0n) is 7.95. The normalized spacial score (nSPS) is 23.3. The van der Waals surface area contributed by atoms with E-state index in [4.69, 9.17) is 5.73 Å². The van der Waals surface area contributed by atoms with E-state index in [0.717, 1.165) is 12.3 Å². The number of carbonyl (C=O) groups is 1. The third kappa shape index (κ3) is 3.44. The van der Waals surface area contributed by atoms with E-state index in [1.165, 1.54) is 31.3 Å². The van der Waals surface area contributed by atoms with Crippen molar-refractivity contribution in [3.63, 3.8) is 0 Å². The Balaban J connectivity index is 2.16. The van der Waals surface area contributed by atoms with Crippen LogP contribution in [0.4, 0.5) is 4.79 Å². The second-order valence-electron chi connectivity index (χ2n) is 3.20. The van der Waals surface area contributed by atoms with Gasteiger partial charge >= 0.3 is 6.03 Å². The number of urea groups is 1. The number of primary amides is 1. The first-order chi connectivity index (χ1) is 6.24. The third-order valence-corrected chi connectivity index (χ3v) is 3.25. The molecule has 0 aromatic heterocycles. The molecule has 0 bridgehead atoms. The molecule has 0 radical (unpaired) electrons. The molecule has 0 spiro atoms. The molecule has 76 valence electrons. The van der Waals surface area contributed by atoms with Crippen LogP contribution in [-0.2, 0) is 0 Å². The second-order valence-corrected chi connectivity index (χ2v) is 4.03. The van der Waals surface area contributed by atoms with E-state index in [2.05, 4.69) is 16.5 Å². The van der Waals surface area contributed by atoms with Gasteiger partial charge in [0.05, 0.1) is 0 Å². The first kappa shape index (κ1) is 10.7. The molecular weight excluding hydrogens is 186 g/mol. The van der Waals surface area contributed by atoms with Gasteiger partial charge in [0.1, 0.15) is 0 Å². The van der Waals surface area contributed by atoms with Gasteiger partial charge in [-0.1, -0.05) is 6.92 Å². The highest BCUT2D eigenvalue weighted by Gasteiger charge is 2.22. The lowest BCUT2D eigenvalue weighted by Gasteiger charge is -2.21. The Morgan fingerprint density at radius 1 is 1.77 bits per heavy atom. The van der Waals surface area contributed by atoms with Crippen molar-refractivity contribution < 1.29 is 4.79 Å². The van der Waals surface area contributed by atoms with Crippen LogP contribution in [0.2, 0.25) is 0 Å². The molecule has 1 heterocycles. The molecule has 0 aliphatic carbocycles. The number of nitrogens with zero attached hydrogens (tertiary/aromatic N) is 1. The molecular formula is C8H17N3OS. The van der Waals surface area contributed by atoms with Gasteiger partial charge in [-0.25, -0.2) is 4.79 Å². The number of rotatable bonds is 4. The highest BCUT2D eigenvalue weighted by atomic mass is 32.2. The van der Waals surface area contributed by atoms with Gasteiger partial charge in [0.25, 0.3) is 0 Å². The molecule has 0 saturated carbocycles. The van der Waals surface area contributed by atoms with Crippen molar-refractivity contribution in [3.05, 3.63) is 0 Å². The fourth-order valence-electron chi connectivity index (χ4n) is 1.71. The van der Waals surface area contributed by atoms with Crippen LogP contribution < -0.4 is 10.5 Å². The summed E-state index contributed by atoms with van der Waals surface area (Å²) in [5.74, 6) is 0.941. The summed E-state index contributed by atoms with van der Waals surface area (Å²) < 4.78 is 2.55. The van der Waals surface area contributed by atoms with Crippen molar-refractivity contribution in [2.75, 3.05) is 18.8 Å². The minimum atomic E-state index is -0.453. The molecule has 1 fully saturated rings. The van der Waals surface area contributed by atoms with Crippen molar-refractivity contribution in [3.8, 4) is 0 Å². The standard InChI is InChI=1S/C8H17N3OS/c1-2-11-5-3-4-7(11)6-13-10-8(9)12/h7H,2-6H2,1H3,(H3,9,10,12). The Kier molecular flexibility index (Phi) is 4.38. The summed E-state index contributed by atoms with van der Waals surface area (Å²) in [4.78, 5) is 12.8. The number of hydrogen-bond acceptors (Lipinski definition) is 3. The summed E-state index contributed by atoms with van der Waals surface area (Å²) in [6.07, 6.45) is 2.51. The predicted molar refractivity (Wildman–Crippen MR) is 55.4 cm³/mol. The fraction of sp³-hybridized carbons (Fsp3) is 0.875. The molecule has 5 heteroatoms. The van der Waals surface area contributed by atoms with Crippen LogP contribution in [0.5, 0.6) is 0 Å². The number of nitrogens with two attached hydrogens (primary N) is 1. The highest BCUT2D eigenvalue weighted by Crippen LogP contribution is 2.19. The maximum Gasteiger partial charge on any atom is 0.322 e. The molecule has 1 unspecified atom stereocenters. The predicted octanol–water partition coefficient (Wildman–Crippen LogP) is 0.787. The zero-order valence-corrected chi connectivity index (χ0v) is 8.77. The number of hydrogen-bond donors (Lipinski definition) is 2. The SMILES string of the molecule is CCN1CCCC1CSNC(N)=O. The van der Waals surface area contributed by atoms with Gasteiger partial charge in [-0.3, -0.25) is 9.62 Å². The molecule has 4 nitrogen and oxygen atoms in total. The van der Waals surface area contributed by atoms with Gasteiger partial charge in [0.2, 0.25) is 0 Å². The summed E-state index contributed by atoms with van der Waals surface area (Å²) in [7, 11) is 0. The van der Waals surface area contributed by atoms with E-state index < -0.39 is 6.03 Å². The Morgan fingerprint density at radius 3 is 3.15 bits per heavy atom. The maximum atomic E-state index is 10.4. The molecule has 1 rings (SSSR count). The fourth-order valence-corrected chi connectivity index (χ4v) is 2.50. The lowest BCUT2D eigenvalue weighted by atomic mass is 10.2. The minimum Gasteiger partial charge on any atom is -0.351 e. The van der Waals surface area contributed by atoms with Crippen LogP contribution in [0.15, 0.2) is 0 Å². The van der Waals surface area contributed by atoms with E-state index in [-0.39, 0.29) is 0 Å². The monoisotopic (exact) mass is 203 g/mol. The van der Waals surface area contributed by atoms with Crippen LogP contribution >= 0.6 is 11.9 Å². The van der Waals surface area contributed by atoms with Crippen molar-refractivity contribution >= 4 is 18.0 Å². The Bertz CT molecular complexity index is 177. The van der Waals surface area contributed by atoms with Crippen LogP contribution in [0.3, 0.4) is 0 Å². The van der Waals surface area contributed by atoms with Gasteiger partial charge in [-0.2, -0.15) is 0 Å². The van der Waals surface area contributed by atoms with Gasteiger partial charge in [-0.05, 0) is 37.9 Å². The quantitative estimate of drug-likeness (QED) is 0.664. The van der Waals surface area contributed by atoms with Crippen LogP contribution in [0.1, 0.15) is 19.8 Å². The minimum absolute atomic E-state index is 0.453. The van der Waals surface area contributed by atoms with E-state index in [1.807, 2.05) is 0 Å². The van der Waals surface area contributed by atoms with E-state index in [0.29, 0.717) is 6.04 Å². The molecule has 13 heavy (non-hydrogen) atoms. The third-order valence-electron chi connectivity index (χ3n) is 2.35. The molecule has 0 aromatic rings. The molecule has 1 aliphatic rings. The summed E-state index contributed by atoms with van der Waals surface area (Å²) in [6, 6.07) is 0.160. The number of nitrogens with one attached hydrogen (secondary N) is 1. The molecule has 3 N–H and O–H groups in total. The lowest BCUT2D eigenvalue weighted by molar-refractivity contribution is 0.254. The molecule has 1 aliphatic heterocycles.